The zero-order valence-electron chi connectivity index (χ0n) is 10.8. The molecule has 1 heterocycles. The summed E-state index contributed by atoms with van der Waals surface area (Å²) in [6.07, 6.45) is 3.09. The van der Waals surface area contributed by atoms with Crippen LogP contribution in [0.4, 0.5) is 0 Å². The SMILES string of the molecule is CN(C)CCN(CC(=O)O)C(=O)c1cn(C)cn1. The number of amides is 1. The maximum absolute atomic E-state index is 12.1. The van der Waals surface area contributed by atoms with Crippen LogP contribution < -0.4 is 0 Å². The zero-order chi connectivity index (χ0) is 13.7. The number of carboxylic acid groups (broad SMARTS) is 1. The van der Waals surface area contributed by atoms with Crippen molar-refractivity contribution in [3.05, 3.63) is 18.2 Å². The van der Waals surface area contributed by atoms with Crippen molar-refractivity contribution in [3.8, 4) is 0 Å². The molecule has 1 aromatic rings. The molecule has 0 bridgehead atoms. The van der Waals surface area contributed by atoms with Gasteiger partial charge in [0.2, 0.25) is 0 Å². The second kappa shape index (κ2) is 6.15. The molecule has 7 heteroatoms. The van der Waals surface area contributed by atoms with Gasteiger partial charge in [-0.25, -0.2) is 4.98 Å². The third-order valence-electron chi connectivity index (χ3n) is 2.35. The first-order chi connectivity index (χ1) is 8.40. The molecular formula is C11H18N4O3. The molecular weight excluding hydrogens is 236 g/mol. The molecule has 0 aromatic carbocycles. The summed E-state index contributed by atoms with van der Waals surface area (Å²) in [4.78, 5) is 29.9. The van der Waals surface area contributed by atoms with E-state index >= 15 is 0 Å². The van der Waals surface area contributed by atoms with Crippen LogP contribution in [0.2, 0.25) is 0 Å². The lowest BCUT2D eigenvalue weighted by Crippen LogP contribution is -2.40. The Balaban J connectivity index is 2.75. The van der Waals surface area contributed by atoms with Gasteiger partial charge in [0, 0.05) is 26.3 Å². The molecule has 0 aliphatic rings. The number of rotatable bonds is 6. The molecule has 0 fully saturated rings. The predicted molar refractivity (Wildman–Crippen MR) is 65.3 cm³/mol. The summed E-state index contributed by atoms with van der Waals surface area (Å²) in [6.45, 7) is 0.643. The van der Waals surface area contributed by atoms with Crippen molar-refractivity contribution in [1.82, 2.24) is 19.4 Å². The first-order valence-electron chi connectivity index (χ1n) is 5.54. The number of carbonyl (C=O) groups is 2. The number of likely N-dealkylation sites (N-methyl/N-ethyl adjacent to an activating group) is 1. The van der Waals surface area contributed by atoms with Gasteiger partial charge in [0.25, 0.3) is 5.91 Å². The molecule has 18 heavy (non-hydrogen) atoms. The van der Waals surface area contributed by atoms with Gasteiger partial charge in [-0.05, 0) is 14.1 Å². The Morgan fingerprint density at radius 2 is 2.06 bits per heavy atom. The first kappa shape index (κ1) is 14.2. The summed E-state index contributed by atoms with van der Waals surface area (Å²) in [6, 6.07) is 0. The van der Waals surface area contributed by atoms with Crippen molar-refractivity contribution in [2.24, 2.45) is 7.05 Å². The van der Waals surface area contributed by atoms with E-state index in [1.54, 1.807) is 17.8 Å². The van der Waals surface area contributed by atoms with Gasteiger partial charge in [0.05, 0.1) is 6.33 Å². The van der Waals surface area contributed by atoms with Gasteiger partial charge in [0.1, 0.15) is 12.2 Å². The number of nitrogens with zero attached hydrogens (tertiary/aromatic N) is 4. The van der Waals surface area contributed by atoms with Crippen molar-refractivity contribution < 1.29 is 14.7 Å². The zero-order valence-corrected chi connectivity index (χ0v) is 10.8. The van der Waals surface area contributed by atoms with Gasteiger partial charge in [0.15, 0.2) is 0 Å². The van der Waals surface area contributed by atoms with Gasteiger partial charge in [-0.3, -0.25) is 9.59 Å². The molecule has 1 rings (SSSR count). The highest BCUT2D eigenvalue weighted by Gasteiger charge is 2.20. The molecule has 0 aliphatic carbocycles. The molecule has 0 radical (unpaired) electrons. The minimum atomic E-state index is -1.03. The minimum Gasteiger partial charge on any atom is -0.480 e. The Kier molecular flexibility index (Phi) is 4.85. The Morgan fingerprint density at radius 1 is 1.39 bits per heavy atom. The fraction of sp³-hybridized carbons (Fsp3) is 0.545. The average Bonchev–Trinajstić information content (AvgIpc) is 2.69. The van der Waals surface area contributed by atoms with Crippen molar-refractivity contribution in [1.29, 1.82) is 0 Å². The van der Waals surface area contributed by atoms with Gasteiger partial charge < -0.3 is 19.5 Å². The van der Waals surface area contributed by atoms with E-state index in [1.165, 1.54) is 11.2 Å². The average molecular weight is 254 g/mol. The van der Waals surface area contributed by atoms with Crippen LogP contribution in [0.5, 0.6) is 0 Å². The van der Waals surface area contributed by atoms with Gasteiger partial charge in [-0.2, -0.15) is 0 Å². The van der Waals surface area contributed by atoms with Crippen molar-refractivity contribution in [2.75, 3.05) is 33.7 Å². The fourth-order valence-electron chi connectivity index (χ4n) is 1.42. The van der Waals surface area contributed by atoms with Crippen LogP contribution in [-0.2, 0) is 11.8 Å². The van der Waals surface area contributed by atoms with Crippen molar-refractivity contribution in [2.45, 2.75) is 0 Å². The predicted octanol–water partition coefficient (Wildman–Crippen LogP) is -0.491. The van der Waals surface area contributed by atoms with E-state index in [2.05, 4.69) is 4.98 Å². The van der Waals surface area contributed by atoms with Gasteiger partial charge >= 0.3 is 5.97 Å². The molecule has 7 nitrogen and oxygen atoms in total. The Hall–Kier alpha value is -1.89. The van der Waals surface area contributed by atoms with E-state index < -0.39 is 5.97 Å². The van der Waals surface area contributed by atoms with Crippen LogP contribution >= 0.6 is 0 Å². The molecule has 0 unspecified atom stereocenters. The second-order valence-electron chi connectivity index (χ2n) is 4.35. The molecule has 0 aliphatic heterocycles. The highest BCUT2D eigenvalue weighted by atomic mass is 16.4. The molecule has 100 valence electrons. The molecule has 0 atom stereocenters. The van der Waals surface area contributed by atoms with E-state index in [4.69, 9.17) is 5.11 Å². The molecule has 0 saturated carbocycles. The van der Waals surface area contributed by atoms with Crippen LogP contribution in [0.3, 0.4) is 0 Å². The van der Waals surface area contributed by atoms with E-state index in [0.717, 1.165) is 0 Å². The number of hydrogen-bond donors (Lipinski definition) is 1. The quantitative estimate of drug-likeness (QED) is 0.741. The Labute approximate surface area is 106 Å². The van der Waals surface area contributed by atoms with Crippen molar-refractivity contribution in [3.63, 3.8) is 0 Å². The van der Waals surface area contributed by atoms with Crippen LogP contribution in [0.25, 0.3) is 0 Å². The number of aliphatic carboxylic acids is 1. The second-order valence-corrected chi connectivity index (χ2v) is 4.35. The topological polar surface area (TPSA) is 78.7 Å². The molecule has 0 spiro atoms. The molecule has 1 amide bonds. The third kappa shape index (κ3) is 4.17. The molecule has 0 saturated heterocycles. The third-order valence-corrected chi connectivity index (χ3v) is 2.35. The maximum Gasteiger partial charge on any atom is 0.323 e. The highest BCUT2D eigenvalue weighted by molar-refractivity contribution is 5.93. The molecule has 1 aromatic heterocycles. The van der Waals surface area contributed by atoms with Crippen LogP contribution in [0, 0.1) is 0 Å². The van der Waals surface area contributed by atoms with Crippen LogP contribution in [-0.4, -0.2) is 70.1 Å². The summed E-state index contributed by atoms with van der Waals surface area (Å²) < 4.78 is 1.65. The standard InChI is InChI=1S/C11H18N4O3/c1-13(2)4-5-15(7-10(16)17)11(18)9-6-14(3)8-12-9/h6,8H,4-5,7H2,1-3H3,(H,16,17). The largest absolute Gasteiger partial charge is 0.480 e. The fourth-order valence-corrected chi connectivity index (χ4v) is 1.42. The molecule has 1 N–H and O–H groups in total. The van der Waals surface area contributed by atoms with E-state index in [0.29, 0.717) is 13.1 Å². The van der Waals surface area contributed by atoms with Crippen LogP contribution in [0.1, 0.15) is 10.5 Å². The van der Waals surface area contributed by atoms with Gasteiger partial charge in [-0.15, -0.1) is 0 Å². The number of aryl methyl sites for hydroxylation is 1. The Bertz CT molecular complexity index is 428. The van der Waals surface area contributed by atoms with E-state index in [-0.39, 0.29) is 18.1 Å². The number of carboxylic acids is 1. The number of aromatic nitrogens is 2. The summed E-state index contributed by atoms with van der Waals surface area (Å²) >= 11 is 0. The van der Waals surface area contributed by atoms with E-state index in [1.807, 2.05) is 19.0 Å². The number of carbonyl (C=O) groups excluding carboxylic acids is 1. The summed E-state index contributed by atoms with van der Waals surface area (Å²) in [5.74, 6) is -1.39. The van der Waals surface area contributed by atoms with Crippen LogP contribution in [0.15, 0.2) is 12.5 Å². The summed E-state index contributed by atoms with van der Waals surface area (Å²) in [5, 5.41) is 8.82. The van der Waals surface area contributed by atoms with E-state index in [9.17, 15) is 9.59 Å². The Morgan fingerprint density at radius 3 is 2.50 bits per heavy atom. The first-order valence-corrected chi connectivity index (χ1v) is 5.54. The monoisotopic (exact) mass is 254 g/mol. The minimum absolute atomic E-state index is 0.262. The summed E-state index contributed by atoms with van der Waals surface area (Å²) in [5.41, 5.74) is 0.262. The normalized spacial score (nSPS) is 10.7. The number of imidazole rings is 1. The van der Waals surface area contributed by atoms with Gasteiger partial charge in [-0.1, -0.05) is 0 Å². The lowest BCUT2D eigenvalue weighted by molar-refractivity contribution is -0.137. The number of hydrogen-bond acceptors (Lipinski definition) is 4. The lowest BCUT2D eigenvalue weighted by atomic mass is 10.3. The maximum atomic E-state index is 12.1. The lowest BCUT2D eigenvalue weighted by Gasteiger charge is -2.21. The highest BCUT2D eigenvalue weighted by Crippen LogP contribution is 2.02. The summed E-state index contributed by atoms with van der Waals surface area (Å²) in [7, 11) is 5.49. The smallest absolute Gasteiger partial charge is 0.323 e. The van der Waals surface area contributed by atoms with Crippen molar-refractivity contribution >= 4 is 11.9 Å².